The Hall–Kier alpha value is -1.89. The number of halogens is 1. The zero-order valence-corrected chi connectivity index (χ0v) is 17.3. The molecule has 1 saturated carbocycles. The van der Waals surface area contributed by atoms with Crippen molar-refractivity contribution in [2.75, 3.05) is 6.54 Å². The van der Waals surface area contributed by atoms with Crippen LogP contribution in [0.2, 0.25) is 5.02 Å². The molecular weight excluding hydrogens is 396 g/mol. The molecule has 0 spiro atoms. The molecule has 0 atom stereocenters. The molecule has 0 bridgehead atoms. The molecule has 0 radical (unpaired) electrons. The molecular formula is C21H25ClN2O3S. The first-order valence-corrected chi connectivity index (χ1v) is 11.4. The SMILES string of the molecule is O=C(CN(Cc1ccc(Cl)cc1)S(=O)(=O)c1ccccc1)NC1CCCCC1. The Bertz CT molecular complexity index is 880. The Morgan fingerprint density at radius 2 is 1.64 bits per heavy atom. The summed E-state index contributed by atoms with van der Waals surface area (Å²) in [4.78, 5) is 12.8. The quantitative estimate of drug-likeness (QED) is 0.736. The van der Waals surface area contributed by atoms with Crippen molar-refractivity contribution in [3.8, 4) is 0 Å². The number of nitrogens with one attached hydrogen (secondary N) is 1. The molecule has 3 rings (SSSR count). The molecule has 28 heavy (non-hydrogen) atoms. The molecule has 0 heterocycles. The Kier molecular flexibility index (Phi) is 7.10. The van der Waals surface area contributed by atoms with Crippen LogP contribution >= 0.6 is 11.6 Å². The van der Waals surface area contributed by atoms with Crippen molar-refractivity contribution >= 4 is 27.5 Å². The topological polar surface area (TPSA) is 66.5 Å². The minimum Gasteiger partial charge on any atom is -0.352 e. The van der Waals surface area contributed by atoms with Gasteiger partial charge in [-0.25, -0.2) is 8.42 Å². The summed E-state index contributed by atoms with van der Waals surface area (Å²) >= 11 is 5.93. The van der Waals surface area contributed by atoms with E-state index in [2.05, 4.69) is 5.32 Å². The van der Waals surface area contributed by atoms with Crippen LogP contribution in [0, 0.1) is 0 Å². The average Bonchev–Trinajstić information content (AvgIpc) is 2.70. The number of hydrogen-bond acceptors (Lipinski definition) is 3. The molecule has 0 aliphatic heterocycles. The Labute approximate surface area is 171 Å². The predicted octanol–water partition coefficient (Wildman–Crippen LogP) is 3.98. The van der Waals surface area contributed by atoms with Gasteiger partial charge in [0.2, 0.25) is 15.9 Å². The number of sulfonamides is 1. The molecule has 0 saturated heterocycles. The second-order valence-electron chi connectivity index (χ2n) is 7.12. The summed E-state index contributed by atoms with van der Waals surface area (Å²) in [5.74, 6) is -0.264. The van der Waals surface area contributed by atoms with Crippen LogP contribution < -0.4 is 5.32 Å². The van der Waals surface area contributed by atoms with Gasteiger partial charge in [0.05, 0.1) is 11.4 Å². The molecule has 150 valence electrons. The Balaban J connectivity index is 1.79. The van der Waals surface area contributed by atoms with Crippen molar-refractivity contribution in [3.05, 3.63) is 65.2 Å². The van der Waals surface area contributed by atoms with E-state index in [9.17, 15) is 13.2 Å². The number of amides is 1. The second-order valence-corrected chi connectivity index (χ2v) is 9.49. The fourth-order valence-corrected chi connectivity index (χ4v) is 4.97. The maximum atomic E-state index is 13.2. The van der Waals surface area contributed by atoms with Crippen LogP contribution in [0.15, 0.2) is 59.5 Å². The molecule has 5 nitrogen and oxygen atoms in total. The zero-order chi connectivity index (χ0) is 20.0. The van der Waals surface area contributed by atoms with E-state index in [1.165, 1.54) is 10.7 Å². The highest BCUT2D eigenvalue weighted by Crippen LogP contribution is 2.20. The third-order valence-electron chi connectivity index (χ3n) is 4.94. The fourth-order valence-electron chi connectivity index (χ4n) is 3.44. The molecule has 1 N–H and O–H groups in total. The lowest BCUT2D eigenvalue weighted by atomic mass is 9.95. The highest BCUT2D eigenvalue weighted by molar-refractivity contribution is 7.89. The predicted molar refractivity (Wildman–Crippen MR) is 111 cm³/mol. The first-order valence-electron chi connectivity index (χ1n) is 9.54. The van der Waals surface area contributed by atoms with Crippen LogP contribution in [-0.4, -0.2) is 31.2 Å². The van der Waals surface area contributed by atoms with Crippen molar-refractivity contribution in [3.63, 3.8) is 0 Å². The second kappa shape index (κ2) is 9.54. The van der Waals surface area contributed by atoms with Gasteiger partial charge in [-0.3, -0.25) is 4.79 Å². The maximum absolute atomic E-state index is 13.2. The van der Waals surface area contributed by atoms with Gasteiger partial charge >= 0.3 is 0 Å². The number of nitrogens with zero attached hydrogens (tertiary/aromatic N) is 1. The van der Waals surface area contributed by atoms with E-state index >= 15 is 0 Å². The van der Waals surface area contributed by atoms with Crippen LogP contribution in [0.3, 0.4) is 0 Å². The normalized spacial score (nSPS) is 15.5. The number of carbonyl (C=O) groups excluding carboxylic acids is 1. The average molecular weight is 421 g/mol. The Morgan fingerprint density at radius 3 is 2.29 bits per heavy atom. The van der Waals surface area contributed by atoms with Gasteiger partial charge in [0.1, 0.15) is 0 Å². The minimum absolute atomic E-state index is 0.104. The van der Waals surface area contributed by atoms with Crippen molar-refractivity contribution in [2.45, 2.75) is 49.6 Å². The monoisotopic (exact) mass is 420 g/mol. The third-order valence-corrected chi connectivity index (χ3v) is 7.00. The van der Waals surface area contributed by atoms with Gasteiger partial charge in [0.15, 0.2) is 0 Å². The van der Waals surface area contributed by atoms with E-state index in [-0.39, 0.29) is 29.9 Å². The maximum Gasteiger partial charge on any atom is 0.243 e. The van der Waals surface area contributed by atoms with Crippen molar-refractivity contribution in [1.82, 2.24) is 9.62 Å². The number of rotatable bonds is 7. The van der Waals surface area contributed by atoms with Gasteiger partial charge in [0, 0.05) is 17.6 Å². The van der Waals surface area contributed by atoms with Gasteiger partial charge in [-0.2, -0.15) is 4.31 Å². The molecule has 2 aromatic rings. The Morgan fingerprint density at radius 1 is 1.00 bits per heavy atom. The van der Waals surface area contributed by atoms with Gasteiger partial charge in [-0.1, -0.05) is 61.2 Å². The first-order chi connectivity index (χ1) is 13.4. The fraction of sp³-hybridized carbons (Fsp3) is 0.381. The molecule has 1 aliphatic rings. The highest BCUT2D eigenvalue weighted by Gasteiger charge is 2.27. The van der Waals surface area contributed by atoms with E-state index in [4.69, 9.17) is 11.6 Å². The van der Waals surface area contributed by atoms with Gasteiger partial charge in [-0.05, 0) is 42.7 Å². The first kappa shape index (κ1) is 20.8. The summed E-state index contributed by atoms with van der Waals surface area (Å²) in [6.07, 6.45) is 5.30. The largest absolute Gasteiger partial charge is 0.352 e. The lowest BCUT2D eigenvalue weighted by Gasteiger charge is -2.26. The molecule has 0 aromatic heterocycles. The minimum atomic E-state index is -3.81. The summed E-state index contributed by atoms with van der Waals surface area (Å²) in [5.41, 5.74) is 0.773. The number of carbonyl (C=O) groups is 1. The van der Waals surface area contributed by atoms with Crippen molar-refractivity contribution in [2.24, 2.45) is 0 Å². The van der Waals surface area contributed by atoms with Crippen LogP contribution in [0.1, 0.15) is 37.7 Å². The lowest BCUT2D eigenvalue weighted by Crippen LogP contribution is -2.44. The van der Waals surface area contributed by atoms with E-state index in [0.717, 1.165) is 31.2 Å². The highest BCUT2D eigenvalue weighted by atomic mass is 35.5. The van der Waals surface area contributed by atoms with Gasteiger partial charge in [-0.15, -0.1) is 0 Å². The van der Waals surface area contributed by atoms with E-state index in [0.29, 0.717) is 5.02 Å². The van der Waals surface area contributed by atoms with Gasteiger partial charge in [0.25, 0.3) is 0 Å². The number of benzene rings is 2. The molecule has 0 unspecified atom stereocenters. The number of hydrogen-bond donors (Lipinski definition) is 1. The molecule has 1 amide bonds. The van der Waals surface area contributed by atoms with Crippen molar-refractivity contribution in [1.29, 1.82) is 0 Å². The summed E-state index contributed by atoms with van der Waals surface area (Å²) < 4.78 is 27.5. The van der Waals surface area contributed by atoms with Crippen LogP contribution in [0.25, 0.3) is 0 Å². The van der Waals surface area contributed by atoms with Crippen LogP contribution in [0.5, 0.6) is 0 Å². The zero-order valence-electron chi connectivity index (χ0n) is 15.7. The van der Waals surface area contributed by atoms with E-state index < -0.39 is 10.0 Å². The molecule has 1 fully saturated rings. The van der Waals surface area contributed by atoms with Crippen LogP contribution in [-0.2, 0) is 21.4 Å². The molecule has 7 heteroatoms. The summed E-state index contributed by atoms with van der Waals surface area (Å²) in [5, 5.41) is 3.58. The summed E-state index contributed by atoms with van der Waals surface area (Å²) in [6.45, 7) is -0.108. The standard InChI is InChI=1S/C21H25ClN2O3S/c22-18-13-11-17(12-14-18)15-24(28(26,27)20-9-5-2-6-10-20)16-21(25)23-19-7-3-1-4-8-19/h2,5-6,9-14,19H,1,3-4,7-8,15-16H2,(H,23,25). The van der Waals surface area contributed by atoms with Gasteiger partial charge < -0.3 is 5.32 Å². The molecule has 1 aliphatic carbocycles. The summed E-state index contributed by atoms with van der Waals surface area (Å²) in [6, 6.07) is 15.3. The smallest absolute Gasteiger partial charge is 0.243 e. The van der Waals surface area contributed by atoms with E-state index in [1.807, 2.05) is 0 Å². The summed E-state index contributed by atoms with van der Waals surface area (Å²) in [7, 11) is -3.81. The lowest BCUT2D eigenvalue weighted by molar-refractivity contribution is -0.122. The molecule has 2 aromatic carbocycles. The van der Waals surface area contributed by atoms with E-state index in [1.54, 1.807) is 54.6 Å². The van der Waals surface area contributed by atoms with Crippen molar-refractivity contribution < 1.29 is 13.2 Å². The van der Waals surface area contributed by atoms with Crippen LogP contribution in [0.4, 0.5) is 0 Å². The third kappa shape index (κ3) is 5.56.